The molecule has 1 N–H and O–H groups in total. The van der Waals surface area contributed by atoms with Gasteiger partial charge in [-0.3, -0.25) is 4.79 Å². The van der Waals surface area contributed by atoms with E-state index in [1.165, 1.54) is 12.8 Å². The number of fused-ring (bicyclic) bond motifs is 5. The topological polar surface area (TPSA) is 61.1 Å². The zero-order valence-corrected chi connectivity index (χ0v) is 15.1. The van der Waals surface area contributed by atoms with E-state index in [0.717, 1.165) is 44.9 Å². The van der Waals surface area contributed by atoms with Crippen LogP contribution in [-0.2, 0) is 4.79 Å². The van der Waals surface area contributed by atoms with Gasteiger partial charge in [0.2, 0.25) is 0 Å². The molecule has 4 aliphatic rings. The molecule has 0 heterocycles. The summed E-state index contributed by atoms with van der Waals surface area (Å²) in [5.41, 5.74) is -0.0253. The molecular weight excluding hydrogens is 298 g/mol. The third-order valence-electron chi connectivity index (χ3n) is 8.85. The summed E-state index contributed by atoms with van der Waals surface area (Å²) in [5.74, 6) is 2.62. The average molecular weight is 329 g/mol. The highest BCUT2D eigenvalue weighted by molar-refractivity contribution is 5.80. The first-order chi connectivity index (χ1) is 11.4. The Morgan fingerprint density at radius 1 is 1.08 bits per heavy atom. The molecule has 0 amide bonds. The summed E-state index contributed by atoms with van der Waals surface area (Å²) in [5, 5.41) is 20.2. The van der Waals surface area contributed by atoms with Crippen LogP contribution in [-0.4, -0.2) is 17.0 Å². The van der Waals surface area contributed by atoms with Crippen LogP contribution in [0.1, 0.15) is 71.6 Å². The molecule has 0 aromatic carbocycles. The number of hydrogen-bond donors (Lipinski definition) is 1. The lowest BCUT2D eigenvalue weighted by Crippen LogP contribution is -2.54. The largest absolute Gasteiger partial charge is 0.393 e. The van der Waals surface area contributed by atoms with Crippen molar-refractivity contribution >= 4 is 5.78 Å². The van der Waals surface area contributed by atoms with Gasteiger partial charge in [0.05, 0.1) is 17.6 Å². The van der Waals surface area contributed by atoms with Crippen LogP contribution < -0.4 is 0 Å². The van der Waals surface area contributed by atoms with Gasteiger partial charge in [-0.2, -0.15) is 5.26 Å². The van der Waals surface area contributed by atoms with Crippen LogP contribution >= 0.6 is 0 Å². The van der Waals surface area contributed by atoms with Gasteiger partial charge >= 0.3 is 0 Å². The lowest BCUT2D eigenvalue weighted by molar-refractivity contribution is -0.133. The molecule has 3 nitrogen and oxygen atoms in total. The minimum Gasteiger partial charge on any atom is -0.393 e. The Kier molecular flexibility index (Phi) is 3.84. The lowest BCUT2D eigenvalue weighted by atomic mass is 9.44. The van der Waals surface area contributed by atoms with Gasteiger partial charge in [-0.1, -0.05) is 6.92 Å². The van der Waals surface area contributed by atoms with Crippen LogP contribution in [0.15, 0.2) is 0 Å². The Labute approximate surface area is 145 Å². The molecule has 0 aromatic rings. The second kappa shape index (κ2) is 5.56. The van der Waals surface area contributed by atoms with Crippen molar-refractivity contribution in [2.24, 2.45) is 40.4 Å². The van der Waals surface area contributed by atoms with Gasteiger partial charge in [0.25, 0.3) is 0 Å². The number of ketones is 1. The fourth-order valence-electron chi connectivity index (χ4n) is 7.69. The highest BCUT2D eigenvalue weighted by Gasteiger charge is 2.62. The maximum atomic E-state index is 12.2. The van der Waals surface area contributed by atoms with Crippen molar-refractivity contribution in [3.63, 3.8) is 0 Å². The monoisotopic (exact) mass is 329 g/mol. The maximum Gasteiger partial charge on any atom is 0.134 e. The fourth-order valence-corrected chi connectivity index (χ4v) is 7.69. The normalized spacial score (nSPS) is 53.4. The molecule has 3 heteroatoms. The van der Waals surface area contributed by atoms with Crippen LogP contribution in [0.3, 0.4) is 0 Å². The van der Waals surface area contributed by atoms with Crippen molar-refractivity contribution in [2.45, 2.75) is 77.7 Å². The molecule has 4 fully saturated rings. The number of nitriles is 1. The predicted molar refractivity (Wildman–Crippen MR) is 91.8 cm³/mol. The first-order valence-electron chi connectivity index (χ1n) is 10.0. The summed E-state index contributed by atoms with van der Waals surface area (Å²) in [7, 11) is 0. The van der Waals surface area contributed by atoms with Crippen LogP contribution in [0.2, 0.25) is 0 Å². The van der Waals surface area contributed by atoms with Crippen LogP contribution in [0, 0.1) is 51.8 Å². The van der Waals surface area contributed by atoms with E-state index in [-0.39, 0.29) is 23.2 Å². The molecule has 0 radical (unpaired) electrons. The van der Waals surface area contributed by atoms with Gasteiger partial charge in [0, 0.05) is 5.92 Å². The third kappa shape index (κ3) is 2.08. The highest BCUT2D eigenvalue weighted by Crippen LogP contribution is 2.67. The molecule has 0 aromatic heterocycles. The van der Waals surface area contributed by atoms with E-state index in [2.05, 4.69) is 13.0 Å². The lowest BCUT2D eigenvalue weighted by Gasteiger charge is -2.60. The highest BCUT2D eigenvalue weighted by atomic mass is 16.3. The number of aliphatic hydroxyl groups is 1. The van der Waals surface area contributed by atoms with Crippen molar-refractivity contribution < 1.29 is 9.90 Å². The second-order valence-corrected chi connectivity index (χ2v) is 9.52. The quantitative estimate of drug-likeness (QED) is 0.788. The predicted octanol–water partition coefficient (Wildman–Crippen LogP) is 4.10. The molecule has 4 saturated carbocycles. The number of Topliss-reactive ketones (excluding diaryl/α,β-unsaturated/α-hetero) is 1. The first kappa shape index (κ1) is 16.6. The van der Waals surface area contributed by atoms with Gasteiger partial charge in [0.1, 0.15) is 5.78 Å². The van der Waals surface area contributed by atoms with Crippen molar-refractivity contribution in [1.29, 1.82) is 5.26 Å². The van der Waals surface area contributed by atoms with Crippen molar-refractivity contribution in [1.82, 2.24) is 0 Å². The Hall–Kier alpha value is -0.880. The first-order valence-corrected chi connectivity index (χ1v) is 10.0. The van der Waals surface area contributed by atoms with Gasteiger partial charge in [-0.15, -0.1) is 0 Å². The standard InChI is InChI=1S/C21H31NO2/c1-13(23)17-5-6-19-16-4-3-14-11-15(24)7-9-20(14,2)18(16)8-10-21(17,19)12-22/h14-19,24H,3-11H2,1-2H3. The van der Waals surface area contributed by atoms with Crippen molar-refractivity contribution in [3.05, 3.63) is 0 Å². The zero-order valence-electron chi connectivity index (χ0n) is 15.1. The number of hydrogen-bond acceptors (Lipinski definition) is 3. The Morgan fingerprint density at radius 2 is 1.88 bits per heavy atom. The summed E-state index contributed by atoms with van der Waals surface area (Å²) in [6.45, 7) is 4.16. The van der Waals surface area contributed by atoms with Gasteiger partial charge < -0.3 is 5.11 Å². The molecular formula is C21H31NO2. The number of aliphatic hydroxyl groups excluding tert-OH is 1. The minimum absolute atomic E-state index is 0.0212. The summed E-state index contributed by atoms with van der Waals surface area (Å²) in [4.78, 5) is 12.2. The van der Waals surface area contributed by atoms with Crippen LogP contribution in [0.4, 0.5) is 0 Å². The molecule has 0 saturated heterocycles. The summed E-state index contributed by atoms with van der Waals surface area (Å²) in [6, 6.07) is 2.67. The molecule has 8 unspecified atom stereocenters. The van der Waals surface area contributed by atoms with Gasteiger partial charge in [0.15, 0.2) is 0 Å². The average Bonchev–Trinajstić information content (AvgIpc) is 2.95. The summed E-state index contributed by atoms with van der Waals surface area (Å²) >= 11 is 0. The fraction of sp³-hybridized carbons (Fsp3) is 0.905. The van der Waals surface area contributed by atoms with E-state index in [1.807, 2.05) is 0 Å². The number of carbonyl (C=O) groups is 1. The van der Waals surface area contributed by atoms with E-state index >= 15 is 0 Å². The van der Waals surface area contributed by atoms with Crippen LogP contribution in [0.25, 0.3) is 0 Å². The SMILES string of the molecule is CC(=O)C1CCC2C3CCC4CC(O)CCC4(C)C3CCC12C#N. The maximum absolute atomic E-state index is 12.2. The van der Waals surface area contributed by atoms with Crippen molar-refractivity contribution in [3.8, 4) is 6.07 Å². The summed E-state index contributed by atoms with van der Waals surface area (Å²) in [6.07, 6.45) is 9.40. The van der Waals surface area contributed by atoms with Crippen molar-refractivity contribution in [2.75, 3.05) is 0 Å². The Morgan fingerprint density at radius 3 is 2.58 bits per heavy atom. The number of rotatable bonds is 1. The molecule has 0 bridgehead atoms. The Balaban J connectivity index is 1.65. The number of nitrogens with zero attached hydrogens (tertiary/aromatic N) is 1. The van der Waals surface area contributed by atoms with Crippen LogP contribution in [0.5, 0.6) is 0 Å². The molecule has 0 spiro atoms. The molecule has 132 valence electrons. The summed E-state index contributed by atoms with van der Waals surface area (Å²) < 4.78 is 0. The van der Waals surface area contributed by atoms with E-state index in [0.29, 0.717) is 29.1 Å². The third-order valence-corrected chi connectivity index (χ3v) is 8.85. The molecule has 24 heavy (non-hydrogen) atoms. The van der Waals surface area contributed by atoms with E-state index in [1.54, 1.807) is 6.92 Å². The van der Waals surface area contributed by atoms with E-state index in [9.17, 15) is 15.2 Å². The van der Waals surface area contributed by atoms with E-state index in [4.69, 9.17) is 0 Å². The molecule has 4 rings (SSSR count). The zero-order chi connectivity index (χ0) is 17.1. The second-order valence-electron chi connectivity index (χ2n) is 9.52. The molecule has 8 atom stereocenters. The Bertz CT molecular complexity index is 581. The minimum atomic E-state index is -0.371. The smallest absolute Gasteiger partial charge is 0.134 e. The molecule has 0 aliphatic heterocycles. The number of carbonyl (C=O) groups excluding carboxylic acids is 1. The van der Waals surface area contributed by atoms with Gasteiger partial charge in [-0.25, -0.2) is 0 Å². The van der Waals surface area contributed by atoms with Gasteiger partial charge in [-0.05, 0) is 93.8 Å². The molecule has 4 aliphatic carbocycles. The van der Waals surface area contributed by atoms with E-state index < -0.39 is 0 Å².